The van der Waals surface area contributed by atoms with Gasteiger partial charge >= 0.3 is 0 Å². The zero-order valence-electron chi connectivity index (χ0n) is 14.9. The van der Waals surface area contributed by atoms with Crippen LogP contribution in [0.5, 0.6) is 5.75 Å². The number of carbonyl (C=O) groups is 1. The molecule has 0 saturated heterocycles. The number of aromatic nitrogens is 4. The van der Waals surface area contributed by atoms with Crippen molar-refractivity contribution in [2.75, 3.05) is 12.4 Å². The fourth-order valence-corrected chi connectivity index (χ4v) is 2.84. The van der Waals surface area contributed by atoms with Gasteiger partial charge in [-0.3, -0.25) is 4.79 Å². The molecule has 7 heteroatoms. The molecule has 0 aliphatic carbocycles. The first kappa shape index (κ1) is 16.7. The van der Waals surface area contributed by atoms with Crippen LogP contribution in [0.2, 0.25) is 0 Å². The van der Waals surface area contributed by atoms with Gasteiger partial charge in [0.15, 0.2) is 11.5 Å². The number of fused-ring (bicyclic) bond motifs is 1. The first-order chi connectivity index (χ1) is 13.2. The summed E-state index contributed by atoms with van der Waals surface area (Å²) in [5.41, 5.74) is 3.48. The summed E-state index contributed by atoms with van der Waals surface area (Å²) >= 11 is 0. The van der Waals surface area contributed by atoms with E-state index < -0.39 is 0 Å². The molecule has 7 nitrogen and oxygen atoms in total. The number of methoxy groups -OCH3 is 1. The Balaban J connectivity index is 1.64. The molecule has 2 aromatic heterocycles. The molecule has 0 unspecified atom stereocenters. The third kappa shape index (κ3) is 3.22. The number of hydrogen-bond donors (Lipinski definition) is 1. The van der Waals surface area contributed by atoms with Crippen LogP contribution in [0.4, 0.5) is 5.69 Å². The molecule has 27 heavy (non-hydrogen) atoms. The zero-order valence-corrected chi connectivity index (χ0v) is 14.9. The van der Waals surface area contributed by atoms with Crippen molar-refractivity contribution in [1.82, 2.24) is 19.8 Å². The maximum absolute atomic E-state index is 12.6. The maximum Gasteiger partial charge on any atom is 0.259 e. The van der Waals surface area contributed by atoms with Crippen LogP contribution in [-0.4, -0.2) is 32.8 Å². The molecule has 0 bridgehead atoms. The minimum absolute atomic E-state index is 0.234. The largest absolute Gasteiger partial charge is 0.496 e. The van der Waals surface area contributed by atoms with Gasteiger partial charge in [-0.15, -0.1) is 10.2 Å². The van der Waals surface area contributed by atoms with Gasteiger partial charge in [-0.25, -0.2) is 0 Å². The summed E-state index contributed by atoms with van der Waals surface area (Å²) < 4.78 is 6.95. The highest BCUT2D eigenvalue weighted by Crippen LogP contribution is 2.23. The number of rotatable bonds is 4. The Labute approximate surface area is 155 Å². The Morgan fingerprint density at radius 2 is 1.89 bits per heavy atom. The second-order valence-corrected chi connectivity index (χ2v) is 5.97. The van der Waals surface area contributed by atoms with E-state index in [1.165, 1.54) is 0 Å². The first-order valence-electron chi connectivity index (χ1n) is 8.39. The van der Waals surface area contributed by atoms with E-state index in [9.17, 15) is 4.79 Å². The molecule has 0 aliphatic heterocycles. The van der Waals surface area contributed by atoms with Crippen LogP contribution in [0.1, 0.15) is 16.2 Å². The molecule has 0 saturated carbocycles. The third-order valence-corrected chi connectivity index (χ3v) is 4.19. The normalized spacial score (nSPS) is 10.7. The maximum atomic E-state index is 12.6. The van der Waals surface area contributed by atoms with E-state index >= 15 is 0 Å². The SMILES string of the molecule is COc1ccccc1C(=O)Nc1cccc(-c2ccc3nnc(C)n3n2)c1. The summed E-state index contributed by atoms with van der Waals surface area (Å²) in [4.78, 5) is 12.6. The van der Waals surface area contributed by atoms with Crippen LogP contribution >= 0.6 is 0 Å². The van der Waals surface area contributed by atoms with Gasteiger partial charge in [0.25, 0.3) is 5.91 Å². The van der Waals surface area contributed by atoms with Gasteiger partial charge in [-0.2, -0.15) is 9.61 Å². The fourth-order valence-electron chi connectivity index (χ4n) is 2.84. The van der Waals surface area contributed by atoms with E-state index in [-0.39, 0.29) is 5.91 Å². The lowest BCUT2D eigenvalue weighted by Gasteiger charge is -2.10. The number of amides is 1. The Hall–Kier alpha value is -3.74. The molecule has 0 atom stereocenters. The summed E-state index contributed by atoms with van der Waals surface area (Å²) in [5, 5.41) is 15.5. The van der Waals surface area contributed by atoms with Crippen molar-refractivity contribution < 1.29 is 9.53 Å². The summed E-state index contributed by atoms with van der Waals surface area (Å²) in [6, 6.07) is 18.4. The smallest absolute Gasteiger partial charge is 0.259 e. The summed E-state index contributed by atoms with van der Waals surface area (Å²) in [6.45, 7) is 1.85. The number of ether oxygens (including phenoxy) is 1. The lowest BCUT2D eigenvalue weighted by atomic mass is 10.1. The monoisotopic (exact) mass is 359 g/mol. The standard InChI is InChI=1S/C20H17N5O2/c1-13-22-23-19-11-10-17(24-25(13)19)14-6-5-7-15(12-14)21-20(26)16-8-3-4-9-18(16)27-2/h3-12H,1-2H3,(H,21,26). The number of hydrogen-bond acceptors (Lipinski definition) is 5. The number of nitrogens with zero attached hydrogens (tertiary/aromatic N) is 4. The quantitative estimate of drug-likeness (QED) is 0.604. The van der Waals surface area contributed by atoms with Crippen LogP contribution in [-0.2, 0) is 0 Å². The molecule has 1 amide bonds. The predicted octanol–water partition coefficient (Wildman–Crippen LogP) is 3.36. The fraction of sp³-hybridized carbons (Fsp3) is 0.100. The molecule has 0 spiro atoms. The second-order valence-electron chi connectivity index (χ2n) is 5.97. The van der Waals surface area contributed by atoms with Crippen LogP contribution < -0.4 is 10.1 Å². The summed E-state index contributed by atoms with van der Waals surface area (Å²) in [7, 11) is 1.54. The average Bonchev–Trinajstić information content (AvgIpc) is 3.08. The van der Waals surface area contributed by atoms with E-state index in [4.69, 9.17) is 4.74 Å². The van der Waals surface area contributed by atoms with Gasteiger partial charge in [0.2, 0.25) is 0 Å². The van der Waals surface area contributed by atoms with Gasteiger partial charge in [0.1, 0.15) is 5.75 Å². The van der Waals surface area contributed by atoms with Crippen LogP contribution in [0, 0.1) is 6.92 Å². The van der Waals surface area contributed by atoms with E-state index in [1.54, 1.807) is 29.8 Å². The highest BCUT2D eigenvalue weighted by Gasteiger charge is 2.12. The number of para-hydroxylation sites is 1. The topological polar surface area (TPSA) is 81.4 Å². The number of nitrogens with one attached hydrogen (secondary N) is 1. The highest BCUT2D eigenvalue weighted by molar-refractivity contribution is 6.06. The first-order valence-corrected chi connectivity index (χ1v) is 8.39. The molecule has 4 aromatic rings. The van der Waals surface area contributed by atoms with Crippen molar-refractivity contribution in [3.8, 4) is 17.0 Å². The van der Waals surface area contributed by atoms with Crippen molar-refractivity contribution >= 4 is 17.2 Å². The molecule has 0 radical (unpaired) electrons. The van der Waals surface area contributed by atoms with Crippen molar-refractivity contribution in [3.05, 3.63) is 72.1 Å². The van der Waals surface area contributed by atoms with Crippen LogP contribution in [0.25, 0.3) is 16.9 Å². The number of carbonyl (C=O) groups excluding carboxylic acids is 1. The lowest BCUT2D eigenvalue weighted by Crippen LogP contribution is -2.13. The van der Waals surface area contributed by atoms with Crippen LogP contribution in [0.15, 0.2) is 60.7 Å². The summed E-state index contributed by atoms with van der Waals surface area (Å²) in [5.74, 6) is 1.01. The van der Waals surface area contributed by atoms with Crippen molar-refractivity contribution in [2.45, 2.75) is 6.92 Å². The summed E-state index contributed by atoms with van der Waals surface area (Å²) in [6.07, 6.45) is 0. The Morgan fingerprint density at radius 3 is 2.74 bits per heavy atom. The predicted molar refractivity (Wildman–Crippen MR) is 102 cm³/mol. The number of aryl methyl sites for hydroxylation is 1. The second kappa shape index (κ2) is 6.87. The molecule has 2 aromatic carbocycles. The van der Waals surface area contributed by atoms with E-state index in [0.29, 0.717) is 28.5 Å². The average molecular weight is 359 g/mol. The number of anilines is 1. The van der Waals surface area contributed by atoms with Gasteiger partial charge in [-0.1, -0.05) is 24.3 Å². The zero-order chi connectivity index (χ0) is 18.8. The van der Waals surface area contributed by atoms with Crippen molar-refractivity contribution in [1.29, 1.82) is 0 Å². The molecular weight excluding hydrogens is 342 g/mol. The van der Waals surface area contributed by atoms with Gasteiger partial charge in [0.05, 0.1) is 18.4 Å². The molecule has 0 aliphatic rings. The van der Waals surface area contributed by atoms with Gasteiger partial charge in [0, 0.05) is 11.3 Å². The molecule has 2 heterocycles. The van der Waals surface area contributed by atoms with E-state index in [0.717, 1.165) is 11.3 Å². The van der Waals surface area contributed by atoms with Crippen molar-refractivity contribution in [3.63, 3.8) is 0 Å². The van der Waals surface area contributed by atoms with Crippen LogP contribution in [0.3, 0.4) is 0 Å². The molecule has 134 valence electrons. The Bertz CT molecular complexity index is 1140. The molecular formula is C20H17N5O2. The number of benzene rings is 2. The van der Waals surface area contributed by atoms with E-state index in [2.05, 4.69) is 20.6 Å². The third-order valence-electron chi connectivity index (χ3n) is 4.19. The van der Waals surface area contributed by atoms with E-state index in [1.807, 2.05) is 49.4 Å². The minimum Gasteiger partial charge on any atom is -0.496 e. The Morgan fingerprint density at radius 1 is 1.04 bits per heavy atom. The highest BCUT2D eigenvalue weighted by atomic mass is 16.5. The lowest BCUT2D eigenvalue weighted by molar-refractivity contribution is 0.102. The van der Waals surface area contributed by atoms with Crippen molar-refractivity contribution in [2.24, 2.45) is 0 Å². The molecule has 1 N–H and O–H groups in total. The van der Waals surface area contributed by atoms with Gasteiger partial charge < -0.3 is 10.1 Å². The van der Waals surface area contributed by atoms with Gasteiger partial charge in [-0.05, 0) is 43.3 Å². The molecule has 0 fully saturated rings. The Kier molecular flexibility index (Phi) is 4.25. The minimum atomic E-state index is -0.234. The molecule has 4 rings (SSSR count).